The molecule has 0 N–H and O–H groups in total. The van der Waals surface area contributed by atoms with E-state index in [1.54, 1.807) is 30.3 Å². The second-order valence-electron chi connectivity index (χ2n) is 12.0. The molecule has 2 aliphatic rings. The molecular weight excluding hydrogens is 601 g/mol. The fourth-order valence-electron chi connectivity index (χ4n) is 6.57. The quantitative estimate of drug-likeness (QED) is 0.213. The molecule has 9 heteroatoms. The summed E-state index contributed by atoms with van der Waals surface area (Å²) < 4.78 is 28.0. The van der Waals surface area contributed by atoms with Gasteiger partial charge in [0.15, 0.2) is 0 Å². The van der Waals surface area contributed by atoms with Gasteiger partial charge in [0.25, 0.3) is 0 Å². The molecule has 1 amide bonds. The summed E-state index contributed by atoms with van der Waals surface area (Å²) >= 11 is 12.8. The SMILES string of the molecule is C=CC[C@@]1(C)C[C@H](c2cccc(Cl)c2)C(c2ccc(Cl)cc2)N([C@H](CN(c2ccccc2C#N)S(C)(=O)=O)C2CC2)C1=O. The molecular formula is C34H35Cl2N3O3S. The van der Waals surface area contributed by atoms with Crippen LogP contribution in [0.4, 0.5) is 5.69 Å². The van der Waals surface area contributed by atoms with Gasteiger partial charge in [-0.05, 0) is 79.1 Å². The molecule has 1 aliphatic carbocycles. The number of hydrogen-bond donors (Lipinski definition) is 0. The lowest BCUT2D eigenvalue weighted by molar-refractivity contribution is -0.154. The van der Waals surface area contributed by atoms with Gasteiger partial charge in [0.2, 0.25) is 15.9 Å². The summed E-state index contributed by atoms with van der Waals surface area (Å²) in [7, 11) is -3.81. The number of amides is 1. The summed E-state index contributed by atoms with van der Waals surface area (Å²) in [5.74, 6) is -0.0743. The van der Waals surface area contributed by atoms with Crippen LogP contribution in [-0.4, -0.2) is 38.1 Å². The third-order valence-electron chi connectivity index (χ3n) is 8.76. The van der Waals surface area contributed by atoms with Gasteiger partial charge in [0.05, 0.1) is 41.6 Å². The number of para-hydroxylation sites is 1. The fourth-order valence-corrected chi connectivity index (χ4v) is 7.83. The molecule has 3 aromatic rings. The average molecular weight is 637 g/mol. The third kappa shape index (κ3) is 6.47. The molecule has 1 heterocycles. The van der Waals surface area contributed by atoms with Crippen molar-refractivity contribution in [1.29, 1.82) is 5.26 Å². The van der Waals surface area contributed by atoms with E-state index in [1.807, 2.05) is 60.4 Å². The lowest BCUT2D eigenvalue weighted by Gasteiger charge is -2.53. The molecule has 1 unspecified atom stereocenters. The Morgan fingerprint density at radius 1 is 1.07 bits per heavy atom. The number of nitrogens with zero attached hydrogens (tertiary/aromatic N) is 3. The molecule has 1 saturated heterocycles. The largest absolute Gasteiger partial charge is 0.329 e. The molecule has 0 bridgehead atoms. The minimum atomic E-state index is -3.81. The van der Waals surface area contributed by atoms with Crippen molar-refractivity contribution in [2.75, 3.05) is 17.1 Å². The van der Waals surface area contributed by atoms with E-state index in [1.165, 1.54) is 4.31 Å². The van der Waals surface area contributed by atoms with Crippen molar-refractivity contribution in [1.82, 2.24) is 4.90 Å². The molecule has 224 valence electrons. The molecule has 4 atom stereocenters. The summed E-state index contributed by atoms with van der Waals surface area (Å²) in [5, 5.41) is 11.0. The number of carbonyl (C=O) groups is 1. The second-order valence-corrected chi connectivity index (χ2v) is 14.7. The first-order valence-corrected chi connectivity index (χ1v) is 17.0. The van der Waals surface area contributed by atoms with Crippen molar-refractivity contribution in [2.24, 2.45) is 11.3 Å². The van der Waals surface area contributed by atoms with E-state index >= 15 is 0 Å². The molecule has 0 aromatic heterocycles. The predicted molar refractivity (Wildman–Crippen MR) is 173 cm³/mol. The molecule has 1 saturated carbocycles. The summed E-state index contributed by atoms with van der Waals surface area (Å²) in [6.07, 6.45) is 5.71. The number of benzene rings is 3. The highest BCUT2D eigenvalue weighted by Crippen LogP contribution is 2.54. The van der Waals surface area contributed by atoms with Gasteiger partial charge in [-0.25, -0.2) is 8.42 Å². The Morgan fingerprint density at radius 2 is 1.77 bits per heavy atom. The first-order chi connectivity index (χ1) is 20.5. The van der Waals surface area contributed by atoms with Gasteiger partial charge in [-0.3, -0.25) is 9.10 Å². The number of allylic oxidation sites excluding steroid dienone is 1. The monoisotopic (exact) mass is 635 g/mol. The molecule has 1 aliphatic heterocycles. The zero-order valence-electron chi connectivity index (χ0n) is 24.3. The smallest absolute Gasteiger partial charge is 0.232 e. The number of halogens is 2. The maximum absolute atomic E-state index is 14.8. The first-order valence-electron chi connectivity index (χ1n) is 14.4. The van der Waals surface area contributed by atoms with Crippen molar-refractivity contribution in [3.8, 4) is 6.07 Å². The maximum atomic E-state index is 14.8. The van der Waals surface area contributed by atoms with Crippen LogP contribution in [0.3, 0.4) is 0 Å². The van der Waals surface area contributed by atoms with Crippen LogP contribution in [0.15, 0.2) is 85.5 Å². The van der Waals surface area contributed by atoms with Gasteiger partial charge < -0.3 is 4.90 Å². The topological polar surface area (TPSA) is 81.5 Å². The molecule has 0 radical (unpaired) electrons. The van der Waals surface area contributed by atoms with Crippen LogP contribution in [0, 0.1) is 22.7 Å². The Balaban J connectivity index is 1.71. The molecule has 0 spiro atoms. The zero-order chi connectivity index (χ0) is 30.9. The van der Waals surface area contributed by atoms with Gasteiger partial charge in [0, 0.05) is 16.0 Å². The molecule has 2 fully saturated rings. The Hall–Kier alpha value is -3.31. The Morgan fingerprint density at radius 3 is 2.37 bits per heavy atom. The van der Waals surface area contributed by atoms with E-state index in [4.69, 9.17) is 23.2 Å². The van der Waals surface area contributed by atoms with Crippen LogP contribution in [-0.2, 0) is 14.8 Å². The molecule has 6 nitrogen and oxygen atoms in total. The highest BCUT2D eigenvalue weighted by Gasteiger charge is 2.54. The van der Waals surface area contributed by atoms with Crippen LogP contribution >= 0.6 is 23.2 Å². The minimum absolute atomic E-state index is 0.0322. The third-order valence-corrected chi connectivity index (χ3v) is 10.4. The Kier molecular flexibility index (Phi) is 8.94. The highest BCUT2D eigenvalue weighted by atomic mass is 35.5. The van der Waals surface area contributed by atoms with Crippen LogP contribution < -0.4 is 4.31 Å². The predicted octanol–water partition coefficient (Wildman–Crippen LogP) is 7.75. The maximum Gasteiger partial charge on any atom is 0.232 e. The molecule has 3 aromatic carbocycles. The normalized spacial score (nSPS) is 23.0. The van der Waals surface area contributed by atoms with E-state index in [2.05, 4.69) is 12.6 Å². The average Bonchev–Trinajstić information content (AvgIpc) is 3.81. The van der Waals surface area contributed by atoms with Gasteiger partial charge in [-0.15, -0.1) is 6.58 Å². The van der Waals surface area contributed by atoms with Gasteiger partial charge in [-0.1, -0.05) is 72.6 Å². The van der Waals surface area contributed by atoms with Crippen LogP contribution in [0.2, 0.25) is 10.0 Å². The van der Waals surface area contributed by atoms with Crippen LogP contribution in [0.25, 0.3) is 0 Å². The number of hydrogen-bond acceptors (Lipinski definition) is 4. The number of likely N-dealkylation sites (tertiary alicyclic amines) is 1. The minimum Gasteiger partial charge on any atom is -0.329 e. The lowest BCUT2D eigenvalue weighted by Crippen LogP contribution is -2.59. The van der Waals surface area contributed by atoms with Gasteiger partial charge >= 0.3 is 0 Å². The highest BCUT2D eigenvalue weighted by molar-refractivity contribution is 7.92. The Labute approximate surface area is 264 Å². The zero-order valence-corrected chi connectivity index (χ0v) is 26.6. The summed E-state index contributed by atoms with van der Waals surface area (Å²) in [6, 6.07) is 23.3. The van der Waals surface area contributed by atoms with E-state index in [0.29, 0.717) is 28.6 Å². The van der Waals surface area contributed by atoms with Crippen molar-refractivity contribution < 1.29 is 13.2 Å². The number of piperidine rings is 1. The van der Waals surface area contributed by atoms with E-state index in [9.17, 15) is 18.5 Å². The van der Waals surface area contributed by atoms with Gasteiger partial charge in [0.1, 0.15) is 6.07 Å². The first kappa shape index (κ1) is 31.1. The second kappa shape index (κ2) is 12.4. The molecule has 43 heavy (non-hydrogen) atoms. The van der Waals surface area contributed by atoms with Crippen LogP contribution in [0.5, 0.6) is 0 Å². The van der Waals surface area contributed by atoms with Crippen molar-refractivity contribution >= 4 is 44.8 Å². The van der Waals surface area contributed by atoms with E-state index < -0.39 is 27.5 Å². The number of rotatable bonds is 10. The Bertz CT molecular complexity index is 1670. The summed E-state index contributed by atoms with van der Waals surface area (Å²) in [5.41, 5.74) is 1.72. The molecule has 5 rings (SSSR count). The number of anilines is 1. The van der Waals surface area contributed by atoms with Crippen molar-refractivity contribution in [3.05, 3.63) is 112 Å². The number of nitriles is 1. The summed E-state index contributed by atoms with van der Waals surface area (Å²) in [4.78, 5) is 16.8. The lowest BCUT2D eigenvalue weighted by atomic mass is 9.67. The van der Waals surface area contributed by atoms with Crippen molar-refractivity contribution in [3.63, 3.8) is 0 Å². The summed E-state index contributed by atoms with van der Waals surface area (Å²) in [6.45, 7) is 5.97. The fraction of sp³-hybridized carbons (Fsp3) is 0.353. The van der Waals surface area contributed by atoms with E-state index in [0.717, 1.165) is 30.2 Å². The van der Waals surface area contributed by atoms with Crippen LogP contribution in [0.1, 0.15) is 61.3 Å². The van der Waals surface area contributed by atoms with Gasteiger partial charge in [-0.2, -0.15) is 5.26 Å². The van der Waals surface area contributed by atoms with Crippen molar-refractivity contribution in [2.45, 2.75) is 50.6 Å². The van der Waals surface area contributed by atoms with E-state index in [-0.39, 0.29) is 29.9 Å². The standard InChI is InChI=1S/C34H35Cl2N3O3S/c1-4-18-34(2)20-29(25-9-7-10-28(36)19-25)32(24-14-16-27(35)17-15-24)39(33(34)40)31(23-12-13-23)22-38(43(3,41)42)30-11-6-5-8-26(30)21-37/h4-11,14-17,19,23,29,31-32H,1,12-13,18,20,22H2,2-3H3/t29-,31-,32?,34+/m1/s1. The number of sulfonamides is 1. The number of carbonyl (C=O) groups excluding carboxylic acids is 1.